The molecule has 0 aliphatic carbocycles. The number of hydrogen-bond donors (Lipinski definition) is 2. The summed E-state index contributed by atoms with van der Waals surface area (Å²) in [4.78, 5) is 15.3. The van der Waals surface area contributed by atoms with Crippen LogP contribution in [0.3, 0.4) is 0 Å². The third-order valence-corrected chi connectivity index (χ3v) is 2.82. The highest BCUT2D eigenvalue weighted by Crippen LogP contribution is 2.09. The first-order valence-electron chi connectivity index (χ1n) is 5.64. The van der Waals surface area contributed by atoms with Gasteiger partial charge in [0.1, 0.15) is 19.2 Å². The molecule has 1 aromatic rings. The van der Waals surface area contributed by atoms with Crippen LogP contribution in [0.2, 0.25) is 0 Å². The summed E-state index contributed by atoms with van der Waals surface area (Å²) in [6.45, 7) is 3.15. The number of carbonyl (C=O) groups is 1. The molecule has 0 radical (unpaired) electrons. The van der Waals surface area contributed by atoms with E-state index in [-0.39, 0.29) is 12.5 Å². The Kier molecular flexibility index (Phi) is 3.87. The predicted octanol–water partition coefficient (Wildman–Crippen LogP) is -0.606. The van der Waals surface area contributed by atoms with Gasteiger partial charge in [-0.25, -0.2) is 9.67 Å². The van der Waals surface area contributed by atoms with Crippen molar-refractivity contribution in [2.24, 2.45) is 5.92 Å². The molecular formula is C10H17N5O. The Hall–Kier alpha value is -1.43. The van der Waals surface area contributed by atoms with Crippen LogP contribution < -0.4 is 10.6 Å². The molecule has 16 heavy (non-hydrogen) atoms. The second kappa shape index (κ2) is 5.60. The monoisotopic (exact) mass is 223 g/mol. The van der Waals surface area contributed by atoms with Gasteiger partial charge in [0.25, 0.3) is 0 Å². The molecule has 0 aromatic carbocycles. The number of piperidine rings is 1. The van der Waals surface area contributed by atoms with Gasteiger partial charge in [0.05, 0.1) is 0 Å². The van der Waals surface area contributed by atoms with Crippen LogP contribution >= 0.6 is 0 Å². The molecule has 0 saturated carbocycles. The molecular weight excluding hydrogens is 206 g/mol. The Morgan fingerprint density at radius 3 is 3.00 bits per heavy atom. The zero-order valence-corrected chi connectivity index (χ0v) is 9.22. The van der Waals surface area contributed by atoms with Crippen molar-refractivity contribution >= 4 is 5.91 Å². The molecule has 2 N–H and O–H groups in total. The summed E-state index contributed by atoms with van der Waals surface area (Å²) in [7, 11) is 0. The number of nitrogens with one attached hydrogen (secondary N) is 2. The Labute approximate surface area is 94.4 Å². The third-order valence-electron chi connectivity index (χ3n) is 2.82. The molecule has 88 valence electrons. The first-order chi connectivity index (χ1) is 7.84. The minimum Gasteiger partial charge on any atom is -0.354 e. The average molecular weight is 223 g/mol. The average Bonchev–Trinajstić information content (AvgIpc) is 2.81. The van der Waals surface area contributed by atoms with E-state index in [0.717, 1.165) is 32.5 Å². The van der Waals surface area contributed by atoms with E-state index in [1.165, 1.54) is 11.0 Å². The number of carbonyl (C=O) groups excluding carboxylic acids is 1. The minimum atomic E-state index is 0.00373. The van der Waals surface area contributed by atoms with Gasteiger partial charge >= 0.3 is 0 Å². The van der Waals surface area contributed by atoms with Crippen molar-refractivity contribution in [3.63, 3.8) is 0 Å². The fourth-order valence-electron chi connectivity index (χ4n) is 1.86. The molecule has 1 amide bonds. The number of amides is 1. The molecule has 2 heterocycles. The summed E-state index contributed by atoms with van der Waals surface area (Å²) in [5.74, 6) is 0.616. The van der Waals surface area contributed by atoms with Crippen molar-refractivity contribution in [3.8, 4) is 0 Å². The Balaban J connectivity index is 1.67. The zero-order valence-electron chi connectivity index (χ0n) is 9.22. The highest BCUT2D eigenvalue weighted by atomic mass is 16.2. The van der Waals surface area contributed by atoms with E-state index in [0.29, 0.717) is 5.92 Å². The van der Waals surface area contributed by atoms with E-state index in [1.807, 2.05) is 0 Å². The highest BCUT2D eigenvalue weighted by Gasteiger charge is 2.13. The summed E-state index contributed by atoms with van der Waals surface area (Å²) in [6, 6.07) is 0. The predicted molar refractivity (Wildman–Crippen MR) is 58.6 cm³/mol. The first-order valence-corrected chi connectivity index (χ1v) is 5.64. The quantitative estimate of drug-likeness (QED) is 0.714. The lowest BCUT2D eigenvalue weighted by atomic mass is 9.98. The summed E-state index contributed by atoms with van der Waals surface area (Å²) in [5.41, 5.74) is 0. The molecule has 1 saturated heterocycles. The van der Waals surface area contributed by atoms with E-state index in [2.05, 4.69) is 20.7 Å². The van der Waals surface area contributed by atoms with E-state index in [1.54, 1.807) is 6.33 Å². The van der Waals surface area contributed by atoms with Crippen molar-refractivity contribution in [1.82, 2.24) is 25.4 Å². The normalized spacial score (nSPS) is 17.2. The van der Waals surface area contributed by atoms with Crippen LogP contribution in [0.4, 0.5) is 0 Å². The molecule has 1 fully saturated rings. The van der Waals surface area contributed by atoms with Crippen LogP contribution in [-0.2, 0) is 11.3 Å². The van der Waals surface area contributed by atoms with Gasteiger partial charge in [-0.2, -0.15) is 5.10 Å². The number of nitrogens with zero attached hydrogens (tertiary/aromatic N) is 3. The van der Waals surface area contributed by atoms with Gasteiger partial charge in [-0.05, 0) is 31.8 Å². The molecule has 1 aromatic heterocycles. The van der Waals surface area contributed by atoms with Crippen LogP contribution in [0.1, 0.15) is 12.8 Å². The van der Waals surface area contributed by atoms with Gasteiger partial charge in [-0.1, -0.05) is 0 Å². The SMILES string of the molecule is O=C(Cn1cncn1)NCC1CCNCC1. The van der Waals surface area contributed by atoms with Gasteiger partial charge in [0, 0.05) is 6.54 Å². The smallest absolute Gasteiger partial charge is 0.241 e. The van der Waals surface area contributed by atoms with E-state index in [4.69, 9.17) is 0 Å². The fraction of sp³-hybridized carbons (Fsp3) is 0.700. The molecule has 0 unspecified atom stereocenters. The standard InChI is InChI=1S/C10H17N5O/c16-10(6-15-8-12-7-14-15)13-5-9-1-3-11-4-2-9/h7-9,11H,1-6H2,(H,13,16). The largest absolute Gasteiger partial charge is 0.354 e. The van der Waals surface area contributed by atoms with E-state index >= 15 is 0 Å². The molecule has 1 aliphatic rings. The van der Waals surface area contributed by atoms with Crippen molar-refractivity contribution < 1.29 is 4.79 Å². The molecule has 0 atom stereocenters. The Morgan fingerprint density at radius 1 is 1.50 bits per heavy atom. The van der Waals surface area contributed by atoms with Crippen molar-refractivity contribution in [2.45, 2.75) is 19.4 Å². The van der Waals surface area contributed by atoms with Crippen LogP contribution in [0.25, 0.3) is 0 Å². The lowest BCUT2D eigenvalue weighted by Gasteiger charge is -2.22. The molecule has 0 bridgehead atoms. The van der Waals surface area contributed by atoms with Gasteiger partial charge in [-0.3, -0.25) is 4.79 Å². The molecule has 6 heteroatoms. The Morgan fingerprint density at radius 2 is 2.31 bits per heavy atom. The minimum absolute atomic E-state index is 0.00373. The lowest BCUT2D eigenvalue weighted by molar-refractivity contribution is -0.122. The number of hydrogen-bond acceptors (Lipinski definition) is 4. The topological polar surface area (TPSA) is 71.8 Å². The van der Waals surface area contributed by atoms with Crippen LogP contribution in [0.15, 0.2) is 12.7 Å². The first kappa shape index (κ1) is 11.1. The Bertz CT molecular complexity index is 318. The molecule has 1 aliphatic heterocycles. The van der Waals surface area contributed by atoms with Crippen molar-refractivity contribution in [1.29, 1.82) is 0 Å². The van der Waals surface area contributed by atoms with E-state index in [9.17, 15) is 4.79 Å². The van der Waals surface area contributed by atoms with Crippen LogP contribution in [0.5, 0.6) is 0 Å². The van der Waals surface area contributed by atoms with Gasteiger partial charge in [0.15, 0.2) is 0 Å². The van der Waals surface area contributed by atoms with Crippen LogP contribution in [-0.4, -0.2) is 40.3 Å². The summed E-state index contributed by atoms with van der Waals surface area (Å²) < 4.78 is 1.53. The maximum absolute atomic E-state index is 11.5. The molecule has 0 spiro atoms. The maximum atomic E-state index is 11.5. The van der Waals surface area contributed by atoms with Crippen molar-refractivity contribution in [2.75, 3.05) is 19.6 Å². The number of rotatable bonds is 4. The van der Waals surface area contributed by atoms with Crippen LogP contribution in [0, 0.1) is 5.92 Å². The van der Waals surface area contributed by atoms with Crippen molar-refractivity contribution in [3.05, 3.63) is 12.7 Å². The second-order valence-corrected chi connectivity index (χ2v) is 4.09. The fourth-order valence-corrected chi connectivity index (χ4v) is 1.86. The summed E-state index contributed by atoms with van der Waals surface area (Å²) in [5, 5.41) is 10.1. The maximum Gasteiger partial charge on any atom is 0.241 e. The van der Waals surface area contributed by atoms with Gasteiger partial charge in [-0.15, -0.1) is 0 Å². The second-order valence-electron chi connectivity index (χ2n) is 4.09. The third kappa shape index (κ3) is 3.30. The molecule has 2 rings (SSSR count). The summed E-state index contributed by atoms with van der Waals surface area (Å²) in [6.07, 6.45) is 5.26. The number of aromatic nitrogens is 3. The lowest BCUT2D eigenvalue weighted by Crippen LogP contribution is -2.37. The van der Waals surface area contributed by atoms with Gasteiger partial charge < -0.3 is 10.6 Å². The zero-order chi connectivity index (χ0) is 11.2. The highest BCUT2D eigenvalue weighted by molar-refractivity contribution is 5.75. The van der Waals surface area contributed by atoms with Gasteiger partial charge in [0.2, 0.25) is 5.91 Å². The van der Waals surface area contributed by atoms with E-state index < -0.39 is 0 Å². The summed E-state index contributed by atoms with van der Waals surface area (Å²) >= 11 is 0. The molecule has 6 nitrogen and oxygen atoms in total.